The van der Waals surface area contributed by atoms with Crippen LogP contribution in [0.2, 0.25) is 0 Å². The minimum absolute atomic E-state index is 0.279. The lowest BCUT2D eigenvalue weighted by Gasteiger charge is -1.98. The number of benzene rings is 1. The predicted octanol–water partition coefficient (Wildman–Crippen LogP) is 3.09. The molecule has 0 bridgehead atoms. The Morgan fingerprint density at radius 1 is 1.41 bits per heavy atom. The molecule has 0 atom stereocenters. The van der Waals surface area contributed by atoms with Crippen LogP contribution in [0.5, 0.6) is 0 Å². The molecule has 17 heavy (non-hydrogen) atoms. The average molecular weight is 298 g/mol. The van der Waals surface area contributed by atoms with Crippen LogP contribution in [0.4, 0.5) is 4.39 Å². The molecule has 2 N–H and O–H groups in total. The summed E-state index contributed by atoms with van der Waals surface area (Å²) in [6.45, 7) is 3.69. The van der Waals surface area contributed by atoms with E-state index in [2.05, 4.69) is 31.4 Å². The van der Waals surface area contributed by atoms with Gasteiger partial charge in [-0.15, -0.1) is 0 Å². The van der Waals surface area contributed by atoms with E-state index in [0.29, 0.717) is 4.47 Å². The largest absolute Gasteiger partial charge is 0.311 e. The summed E-state index contributed by atoms with van der Waals surface area (Å²) in [5.41, 5.74) is 2.51. The lowest BCUT2D eigenvalue weighted by Crippen LogP contribution is -2.11. The normalized spacial score (nSPS) is 10.8. The van der Waals surface area contributed by atoms with Gasteiger partial charge in [-0.3, -0.25) is 5.10 Å². The third-order valence-corrected chi connectivity index (χ3v) is 3.05. The topological polar surface area (TPSA) is 40.7 Å². The molecule has 0 saturated heterocycles. The maximum Gasteiger partial charge on any atom is 0.138 e. The first kappa shape index (κ1) is 12.3. The van der Waals surface area contributed by atoms with Gasteiger partial charge in [-0.2, -0.15) is 5.10 Å². The van der Waals surface area contributed by atoms with E-state index in [1.807, 2.05) is 19.1 Å². The smallest absolute Gasteiger partial charge is 0.138 e. The summed E-state index contributed by atoms with van der Waals surface area (Å²) in [6.07, 6.45) is 0. The van der Waals surface area contributed by atoms with Crippen molar-refractivity contribution in [1.82, 2.24) is 15.5 Å². The highest BCUT2D eigenvalue weighted by Gasteiger charge is 2.06. The van der Waals surface area contributed by atoms with E-state index in [0.717, 1.165) is 30.0 Å². The number of aromatic nitrogens is 2. The second-order valence-electron chi connectivity index (χ2n) is 3.69. The second kappa shape index (κ2) is 5.42. The third kappa shape index (κ3) is 2.92. The van der Waals surface area contributed by atoms with Gasteiger partial charge in [0.15, 0.2) is 0 Å². The molecule has 0 radical (unpaired) electrons. The van der Waals surface area contributed by atoms with Crippen LogP contribution in [0.1, 0.15) is 12.6 Å². The quantitative estimate of drug-likeness (QED) is 0.910. The number of hydrogen-bond acceptors (Lipinski definition) is 2. The van der Waals surface area contributed by atoms with E-state index < -0.39 is 0 Å². The Balaban J connectivity index is 2.21. The summed E-state index contributed by atoms with van der Waals surface area (Å²) < 4.78 is 13.8. The Hall–Kier alpha value is -1.20. The molecule has 0 unspecified atom stereocenters. The third-order valence-electron chi connectivity index (χ3n) is 2.41. The van der Waals surface area contributed by atoms with Crippen molar-refractivity contribution < 1.29 is 4.39 Å². The zero-order valence-corrected chi connectivity index (χ0v) is 11.0. The molecular weight excluding hydrogens is 285 g/mol. The SMILES string of the molecule is CCNCc1cc(-c2ccc(Br)c(F)c2)n[nH]1. The molecule has 1 aromatic carbocycles. The first-order chi connectivity index (χ1) is 8.20. The zero-order chi connectivity index (χ0) is 12.3. The molecule has 90 valence electrons. The van der Waals surface area contributed by atoms with Crippen molar-refractivity contribution in [2.75, 3.05) is 6.54 Å². The summed E-state index contributed by atoms with van der Waals surface area (Å²) in [6, 6.07) is 6.91. The Morgan fingerprint density at radius 2 is 2.24 bits per heavy atom. The van der Waals surface area contributed by atoms with Crippen LogP contribution in [-0.4, -0.2) is 16.7 Å². The van der Waals surface area contributed by atoms with Crippen molar-refractivity contribution >= 4 is 15.9 Å². The molecule has 2 aromatic rings. The van der Waals surface area contributed by atoms with Gasteiger partial charge in [-0.05, 0) is 40.7 Å². The van der Waals surface area contributed by atoms with Crippen LogP contribution in [0.25, 0.3) is 11.3 Å². The fraction of sp³-hybridized carbons (Fsp3) is 0.250. The molecule has 0 aliphatic heterocycles. The molecular formula is C12H13BrFN3. The van der Waals surface area contributed by atoms with Crippen LogP contribution in [0, 0.1) is 5.82 Å². The molecule has 0 aliphatic rings. The number of hydrogen-bond donors (Lipinski definition) is 2. The van der Waals surface area contributed by atoms with Crippen molar-refractivity contribution in [3.63, 3.8) is 0 Å². The fourth-order valence-electron chi connectivity index (χ4n) is 1.52. The minimum Gasteiger partial charge on any atom is -0.311 e. The summed E-state index contributed by atoms with van der Waals surface area (Å²) in [5.74, 6) is -0.279. The van der Waals surface area contributed by atoms with Gasteiger partial charge in [0, 0.05) is 17.8 Å². The van der Waals surface area contributed by atoms with Crippen LogP contribution < -0.4 is 5.32 Å². The van der Waals surface area contributed by atoms with E-state index >= 15 is 0 Å². The van der Waals surface area contributed by atoms with Crippen molar-refractivity contribution in [2.45, 2.75) is 13.5 Å². The lowest BCUT2D eigenvalue weighted by atomic mass is 10.1. The van der Waals surface area contributed by atoms with Gasteiger partial charge in [0.2, 0.25) is 0 Å². The van der Waals surface area contributed by atoms with Gasteiger partial charge < -0.3 is 5.32 Å². The molecule has 0 fully saturated rings. The van der Waals surface area contributed by atoms with Crippen molar-refractivity contribution in [1.29, 1.82) is 0 Å². The zero-order valence-electron chi connectivity index (χ0n) is 9.43. The molecule has 3 nitrogen and oxygen atoms in total. The van der Waals surface area contributed by atoms with E-state index in [4.69, 9.17) is 0 Å². The number of rotatable bonds is 4. The van der Waals surface area contributed by atoms with Gasteiger partial charge in [0.05, 0.1) is 10.2 Å². The Morgan fingerprint density at radius 3 is 2.94 bits per heavy atom. The molecule has 0 saturated carbocycles. The van der Waals surface area contributed by atoms with E-state index in [-0.39, 0.29) is 5.82 Å². The Bertz CT molecular complexity index is 510. The molecule has 0 aliphatic carbocycles. The molecule has 0 spiro atoms. The maximum absolute atomic E-state index is 13.4. The Labute approximate surface area is 108 Å². The van der Waals surface area contributed by atoms with Crippen LogP contribution >= 0.6 is 15.9 Å². The summed E-state index contributed by atoms with van der Waals surface area (Å²) in [5, 5.41) is 10.3. The van der Waals surface area contributed by atoms with Crippen molar-refractivity contribution in [3.8, 4) is 11.3 Å². The van der Waals surface area contributed by atoms with E-state index in [1.54, 1.807) is 6.07 Å². The van der Waals surface area contributed by atoms with Gasteiger partial charge >= 0.3 is 0 Å². The number of nitrogens with one attached hydrogen (secondary N) is 2. The first-order valence-corrected chi connectivity index (χ1v) is 6.20. The lowest BCUT2D eigenvalue weighted by molar-refractivity contribution is 0.621. The standard InChI is InChI=1S/C12H13BrFN3/c1-2-15-7-9-6-12(17-16-9)8-3-4-10(13)11(14)5-8/h3-6,15H,2,7H2,1H3,(H,16,17). The van der Waals surface area contributed by atoms with Gasteiger partial charge in [-0.1, -0.05) is 13.0 Å². The molecule has 1 aromatic heterocycles. The molecule has 1 heterocycles. The number of halogens is 2. The average Bonchev–Trinajstić information content (AvgIpc) is 2.79. The van der Waals surface area contributed by atoms with E-state index in [9.17, 15) is 4.39 Å². The molecule has 0 amide bonds. The van der Waals surface area contributed by atoms with Crippen molar-refractivity contribution in [3.05, 3.63) is 40.2 Å². The number of nitrogens with zero attached hydrogens (tertiary/aromatic N) is 1. The maximum atomic E-state index is 13.4. The number of aromatic amines is 1. The summed E-state index contributed by atoms with van der Waals surface area (Å²) in [4.78, 5) is 0. The first-order valence-electron chi connectivity index (χ1n) is 5.41. The van der Waals surface area contributed by atoms with Crippen LogP contribution in [-0.2, 0) is 6.54 Å². The highest BCUT2D eigenvalue weighted by atomic mass is 79.9. The highest BCUT2D eigenvalue weighted by molar-refractivity contribution is 9.10. The molecule has 2 rings (SSSR count). The fourth-order valence-corrected chi connectivity index (χ4v) is 1.76. The minimum atomic E-state index is -0.279. The summed E-state index contributed by atoms with van der Waals surface area (Å²) >= 11 is 3.13. The van der Waals surface area contributed by atoms with Gasteiger partial charge in [0.25, 0.3) is 0 Å². The van der Waals surface area contributed by atoms with Gasteiger partial charge in [0.1, 0.15) is 5.82 Å². The Kier molecular flexibility index (Phi) is 3.91. The van der Waals surface area contributed by atoms with Crippen LogP contribution in [0.3, 0.4) is 0 Å². The predicted molar refractivity (Wildman–Crippen MR) is 69.1 cm³/mol. The second-order valence-corrected chi connectivity index (χ2v) is 4.54. The summed E-state index contributed by atoms with van der Waals surface area (Å²) in [7, 11) is 0. The molecule has 5 heteroatoms. The number of H-pyrrole nitrogens is 1. The highest BCUT2D eigenvalue weighted by Crippen LogP contribution is 2.23. The van der Waals surface area contributed by atoms with Crippen LogP contribution in [0.15, 0.2) is 28.7 Å². The van der Waals surface area contributed by atoms with Gasteiger partial charge in [-0.25, -0.2) is 4.39 Å². The van der Waals surface area contributed by atoms with Crippen molar-refractivity contribution in [2.24, 2.45) is 0 Å². The monoisotopic (exact) mass is 297 g/mol. The van der Waals surface area contributed by atoms with E-state index in [1.165, 1.54) is 6.07 Å².